The number of aromatic carboxylic acids is 1. The van der Waals surface area contributed by atoms with Crippen LogP contribution in [-0.2, 0) is 0 Å². The van der Waals surface area contributed by atoms with Gasteiger partial charge in [0, 0.05) is 6.20 Å². The van der Waals surface area contributed by atoms with Gasteiger partial charge < -0.3 is 19.9 Å². The van der Waals surface area contributed by atoms with E-state index in [2.05, 4.69) is 10.3 Å². The fourth-order valence-electron chi connectivity index (χ4n) is 2.48. The summed E-state index contributed by atoms with van der Waals surface area (Å²) in [5.41, 5.74) is 2.02. The van der Waals surface area contributed by atoms with Crippen molar-refractivity contribution in [2.24, 2.45) is 0 Å². The number of aromatic nitrogens is 1. The van der Waals surface area contributed by atoms with Crippen LogP contribution in [0.2, 0.25) is 0 Å². The molecule has 1 atom stereocenters. The molecular weight excluding hydrogens is 324 g/mol. The first-order valence-electron chi connectivity index (χ1n) is 7.60. The largest absolute Gasteiger partial charge is 0.493 e. The molecule has 0 aliphatic heterocycles. The molecule has 1 unspecified atom stereocenters. The molecule has 0 saturated heterocycles. The van der Waals surface area contributed by atoms with Crippen LogP contribution >= 0.6 is 0 Å². The van der Waals surface area contributed by atoms with Crippen molar-refractivity contribution in [3.63, 3.8) is 0 Å². The second-order valence-electron chi connectivity index (χ2n) is 5.50. The Balaban J connectivity index is 2.19. The van der Waals surface area contributed by atoms with Crippen LogP contribution in [0.25, 0.3) is 0 Å². The van der Waals surface area contributed by atoms with E-state index in [9.17, 15) is 9.59 Å². The van der Waals surface area contributed by atoms with E-state index in [-0.39, 0.29) is 23.2 Å². The highest BCUT2D eigenvalue weighted by atomic mass is 16.5. The predicted molar refractivity (Wildman–Crippen MR) is 91.4 cm³/mol. The highest BCUT2D eigenvalue weighted by Crippen LogP contribution is 2.32. The Labute approximate surface area is 145 Å². The normalized spacial score (nSPS) is 11.5. The van der Waals surface area contributed by atoms with Crippen LogP contribution in [0.5, 0.6) is 11.5 Å². The Bertz CT molecular complexity index is 787. The van der Waals surface area contributed by atoms with Crippen molar-refractivity contribution in [3.8, 4) is 11.5 Å². The molecule has 7 heteroatoms. The molecule has 1 aromatic heterocycles. The number of ether oxygens (including phenoxy) is 2. The SMILES string of the molecule is COc1cc(C)c(C(C)NC(=O)c2ccc(C(=O)O)nc2)cc1OC. The zero-order valence-electron chi connectivity index (χ0n) is 14.5. The number of rotatable bonds is 6. The van der Waals surface area contributed by atoms with Gasteiger partial charge in [-0.3, -0.25) is 4.79 Å². The highest BCUT2D eigenvalue weighted by Gasteiger charge is 2.17. The van der Waals surface area contributed by atoms with Crippen LogP contribution in [0, 0.1) is 6.92 Å². The number of benzene rings is 1. The summed E-state index contributed by atoms with van der Waals surface area (Å²) in [4.78, 5) is 26.9. The number of hydrogen-bond acceptors (Lipinski definition) is 5. The smallest absolute Gasteiger partial charge is 0.354 e. The number of carbonyl (C=O) groups excluding carboxylic acids is 1. The van der Waals surface area contributed by atoms with Gasteiger partial charge in [-0.25, -0.2) is 9.78 Å². The Morgan fingerprint density at radius 2 is 1.80 bits per heavy atom. The Kier molecular flexibility index (Phi) is 5.59. The average molecular weight is 344 g/mol. The summed E-state index contributed by atoms with van der Waals surface area (Å²) in [6.07, 6.45) is 1.24. The molecule has 0 spiro atoms. The maximum absolute atomic E-state index is 12.3. The third kappa shape index (κ3) is 4.06. The third-order valence-electron chi connectivity index (χ3n) is 3.83. The quantitative estimate of drug-likeness (QED) is 0.836. The van der Waals surface area contributed by atoms with E-state index < -0.39 is 5.97 Å². The van der Waals surface area contributed by atoms with Crippen LogP contribution in [0.4, 0.5) is 0 Å². The fourth-order valence-corrected chi connectivity index (χ4v) is 2.48. The van der Waals surface area contributed by atoms with E-state index in [0.717, 1.165) is 11.1 Å². The van der Waals surface area contributed by atoms with Gasteiger partial charge >= 0.3 is 5.97 Å². The molecule has 0 bridgehead atoms. The molecule has 2 N–H and O–H groups in total. The summed E-state index contributed by atoms with van der Waals surface area (Å²) in [6, 6.07) is 6.11. The molecule has 0 radical (unpaired) electrons. The number of carboxylic acid groups (broad SMARTS) is 1. The topological polar surface area (TPSA) is 97.8 Å². The molecule has 25 heavy (non-hydrogen) atoms. The summed E-state index contributed by atoms with van der Waals surface area (Å²) in [7, 11) is 3.12. The van der Waals surface area contributed by atoms with Crippen molar-refractivity contribution in [2.75, 3.05) is 14.2 Å². The Hall–Kier alpha value is -3.09. The summed E-state index contributed by atoms with van der Waals surface area (Å²) < 4.78 is 10.6. The predicted octanol–water partition coefficient (Wildman–Crippen LogP) is 2.60. The number of nitrogens with one attached hydrogen (secondary N) is 1. The Morgan fingerprint density at radius 3 is 2.32 bits per heavy atom. The number of pyridine rings is 1. The van der Waals surface area contributed by atoms with Gasteiger partial charge in [0.2, 0.25) is 0 Å². The Morgan fingerprint density at radius 1 is 1.16 bits per heavy atom. The second-order valence-corrected chi connectivity index (χ2v) is 5.50. The van der Waals surface area contributed by atoms with Gasteiger partial charge in [-0.2, -0.15) is 0 Å². The van der Waals surface area contributed by atoms with Crippen molar-refractivity contribution in [1.29, 1.82) is 0 Å². The van der Waals surface area contributed by atoms with E-state index in [0.29, 0.717) is 11.5 Å². The molecule has 1 amide bonds. The van der Waals surface area contributed by atoms with Gasteiger partial charge in [0.05, 0.1) is 25.8 Å². The number of carbonyl (C=O) groups is 2. The zero-order chi connectivity index (χ0) is 18.6. The molecule has 7 nitrogen and oxygen atoms in total. The molecule has 1 aromatic carbocycles. The molecule has 0 fully saturated rings. The second kappa shape index (κ2) is 7.65. The minimum absolute atomic E-state index is 0.111. The van der Waals surface area contributed by atoms with E-state index >= 15 is 0 Å². The highest BCUT2D eigenvalue weighted by molar-refractivity contribution is 5.95. The number of carboxylic acids is 1. The first kappa shape index (κ1) is 18.3. The van der Waals surface area contributed by atoms with Gasteiger partial charge in [-0.05, 0) is 49.2 Å². The van der Waals surface area contributed by atoms with Crippen LogP contribution in [0.1, 0.15) is 44.9 Å². The first-order valence-corrected chi connectivity index (χ1v) is 7.60. The zero-order valence-corrected chi connectivity index (χ0v) is 14.5. The maximum atomic E-state index is 12.3. The minimum Gasteiger partial charge on any atom is -0.493 e. The fraction of sp³-hybridized carbons (Fsp3) is 0.278. The van der Waals surface area contributed by atoms with Crippen molar-refractivity contribution in [1.82, 2.24) is 10.3 Å². The molecule has 1 heterocycles. The molecular formula is C18H20N2O5. The van der Waals surface area contributed by atoms with Crippen LogP contribution in [0.3, 0.4) is 0 Å². The maximum Gasteiger partial charge on any atom is 0.354 e. The van der Waals surface area contributed by atoms with Gasteiger partial charge in [0.15, 0.2) is 11.5 Å². The van der Waals surface area contributed by atoms with Crippen LogP contribution in [-0.4, -0.2) is 36.2 Å². The monoisotopic (exact) mass is 344 g/mol. The van der Waals surface area contributed by atoms with Gasteiger partial charge in [-0.15, -0.1) is 0 Å². The van der Waals surface area contributed by atoms with Crippen LogP contribution < -0.4 is 14.8 Å². The van der Waals surface area contributed by atoms with Crippen molar-refractivity contribution in [3.05, 3.63) is 52.8 Å². The molecule has 2 aromatic rings. The van der Waals surface area contributed by atoms with Crippen molar-refractivity contribution >= 4 is 11.9 Å². The van der Waals surface area contributed by atoms with E-state index in [1.165, 1.54) is 18.3 Å². The number of hydrogen-bond donors (Lipinski definition) is 2. The van der Waals surface area contributed by atoms with Crippen molar-refractivity contribution < 1.29 is 24.2 Å². The number of amides is 1. The van der Waals surface area contributed by atoms with Gasteiger partial charge in [-0.1, -0.05) is 0 Å². The number of nitrogens with zero attached hydrogens (tertiary/aromatic N) is 1. The standard InChI is InChI=1S/C18H20N2O5/c1-10-7-15(24-3)16(25-4)8-13(10)11(2)20-17(21)12-5-6-14(18(22)23)19-9-12/h5-9,11H,1-4H3,(H,20,21)(H,22,23). The molecule has 2 rings (SSSR count). The lowest BCUT2D eigenvalue weighted by molar-refractivity contribution is 0.0689. The molecule has 0 aliphatic rings. The van der Waals surface area contributed by atoms with Crippen LogP contribution in [0.15, 0.2) is 30.5 Å². The summed E-state index contributed by atoms with van der Waals surface area (Å²) in [5.74, 6) is -0.278. The third-order valence-corrected chi connectivity index (χ3v) is 3.83. The van der Waals surface area contributed by atoms with E-state index in [1.807, 2.05) is 26.0 Å². The van der Waals surface area contributed by atoms with Gasteiger partial charge in [0.25, 0.3) is 5.91 Å². The van der Waals surface area contributed by atoms with Gasteiger partial charge in [0.1, 0.15) is 5.69 Å². The molecule has 0 saturated carbocycles. The summed E-state index contributed by atoms with van der Waals surface area (Å²) in [6.45, 7) is 3.77. The lowest BCUT2D eigenvalue weighted by atomic mass is 10.0. The molecule has 0 aliphatic carbocycles. The van der Waals surface area contributed by atoms with Crippen molar-refractivity contribution in [2.45, 2.75) is 19.9 Å². The lowest BCUT2D eigenvalue weighted by Crippen LogP contribution is -2.27. The first-order chi connectivity index (χ1) is 11.9. The summed E-state index contributed by atoms with van der Waals surface area (Å²) in [5, 5.41) is 11.7. The minimum atomic E-state index is -1.14. The lowest BCUT2D eigenvalue weighted by Gasteiger charge is -2.19. The molecule has 132 valence electrons. The van der Waals surface area contributed by atoms with E-state index in [4.69, 9.17) is 14.6 Å². The number of methoxy groups -OCH3 is 2. The average Bonchev–Trinajstić information content (AvgIpc) is 2.61. The number of aryl methyl sites for hydroxylation is 1. The summed E-state index contributed by atoms with van der Waals surface area (Å²) >= 11 is 0. The van der Waals surface area contributed by atoms with E-state index in [1.54, 1.807) is 14.2 Å².